The number of hydrogen-bond acceptors (Lipinski definition) is 1. The molecule has 0 aliphatic heterocycles. The first-order valence-electron chi connectivity index (χ1n) is 2.47. The molecular weight excluding hydrogens is 269 g/mol. The summed E-state index contributed by atoms with van der Waals surface area (Å²) in [6, 6.07) is 3.96. The molecule has 0 aromatic heterocycles. The van der Waals surface area contributed by atoms with Crippen molar-refractivity contribution in [2.24, 2.45) is 0 Å². The summed E-state index contributed by atoms with van der Waals surface area (Å²) in [7, 11) is 0. The van der Waals surface area contributed by atoms with Crippen LogP contribution in [0.4, 0.5) is 4.39 Å². The Bertz CT molecular complexity index is 241. The molecule has 0 aliphatic carbocycles. The van der Waals surface area contributed by atoms with Gasteiger partial charge in [0.05, 0.1) is 5.02 Å². The van der Waals surface area contributed by atoms with Crippen LogP contribution in [0.5, 0.6) is 5.75 Å². The van der Waals surface area contributed by atoms with E-state index in [2.05, 4.69) is 0 Å². The van der Waals surface area contributed by atoms with Crippen molar-refractivity contribution >= 4 is 34.6 Å². The van der Waals surface area contributed by atoms with Crippen LogP contribution in [0.2, 0.25) is 5.02 Å². The maximum absolute atomic E-state index is 12.4. The van der Waals surface area contributed by atoms with Crippen molar-refractivity contribution in [1.82, 2.24) is 0 Å². The molecule has 1 aromatic carbocycles. The van der Waals surface area contributed by atoms with Gasteiger partial charge in [0, 0.05) is 6.07 Å². The van der Waals surface area contributed by atoms with Crippen molar-refractivity contribution in [3.8, 4) is 5.75 Å². The van der Waals surface area contributed by atoms with Gasteiger partial charge in [0.1, 0.15) is 5.82 Å². The molecule has 0 spiro atoms. The summed E-state index contributed by atoms with van der Waals surface area (Å²) >= 11 is 7.24. The molecule has 1 aromatic rings. The normalized spacial score (nSPS) is 9.50. The Balaban J connectivity index is 3.09. The highest BCUT2D eigenvalue weighted by atomic mass is 127. The third kappa shape index (κ3) is 1.73. The summed E-state index contributed by atoms with van der Waals surface area (Å²) in [5, 5.41) is 0.413. The van der Waals surface area contributed by atoms with Crippen LogP contribution in [-0.4, -0.2) is 0 Å². The minimum absolute atomic E-state index is 0.349. The van der Waals surface area contributed by atoms with Gasteiger partial charge in [0.2, 0.25) is 0 Å². The molecule has 0 aliphatic rings. The SMILES string of the molecule is Fc1ccc(Cl)c(OI)c1. The molecule has 4 heteroatoms. The second kappa shape index (κ2) is 3.39. The van der Waals surface area contributed by atoms with Gasteiger partial charge in [-0.3, -0.25) is 0 Å². The topological polar surface area (TPSA) is 9.23 Å². The third-order valence-electron chi connectivity index (χ3n) is 0.976. The quantitative estimate of drug-likeness (QED) is 0.713. The molecule has 0 saturated heterocycles. The van der Waals surface area contributed by atoms with Gasteiger partial charge in [-0.1, -0.05) is 11.6 Å². The summed E-state index contributed by atoms with van der Waals surface area (Å²) in [4.78, 5) is 0. The second-order valence-electron chi connectivity index (χ2n) is 1.65. The summed E-state index contributed by atoms with van der Waals surface area (Å²) in [6.07, 6.45) is 0. The fourth-order valence-corrected chi connectivity index (χ4v) is 1.19. The van der Waals surface area contributed by atoms with E-state index in [4.69, 9.17) is 14.7 Å². The van der Waals surface area contributed by atoms with Crippen LogP contribution in [0, 0.1) is 5.82 Å². The molecular formula is C6H3ClFIO. The highest BCUT2D eigenvalue weighted by Gasteiger charge is 2.00. The van der Waals surface area contributed by atoms with E-state index in [1.54, 1.807) is 23.0 Å². The minimum atomic E-state index is -0.351. The first kappa shape index (κ1) is 8.07. The smallest absolute Gasteiger partial charge is 0.192 e. The van der Waals surface area contributed by atoms with Crippen molar-refractivity contribution in [2.75, 3.05) is 0 Å². The van der Waals surface area contributed by atoms with E-state index in [1.807, 2.05) is 0 Å². The molecule has 54 valence electrons. The van der Waals surface area contributed by atoms with E-state index >= 15 is 0 Å². The Morgan fingerprint density at radius 1 is 1.50 bits per heavy atom. The van der Waals surface area contributed by atoms with Crippen LogP contribution >= 0.6 is 34.6 Å². The maximum Gasteiger partial charge on any atom is 0.192 e. The van der Waals surface area contributed by atoms with Crippen molar-refractivity contribution in [3.05, 3.63) is 29.0 Å². The monoisotopic (exact) mass is 272 g/mol. The third-order valence-corrected chi connectivity index (χ3v) is 1.76. The van der Waals surface area contributed by atoms with Crippen molar-refractivity contribution < 1.29 is 7.46 Å². The molecule has 1 nitrogen and oxygen atoms in total. The zero-order chi connectivity index (χ0) is 7.56. The molecule has 10 heavy (non-hydrogen) atoms. The van der Waals surface area contributed by atoms with Crippen LogP contribution in [-0.2, 0) is 0 Å². The van der Waals surface area contributed by atoms with Crippen LogP contribution in [0.1, 0.15) is 0 Å². The van der Waals surface area contributed by atoms with E-state index in [0.29, 0.717) is 10.8 Å². The number of halogens is 3. The molecule has 0 radical (unpaired) electrons. The summed E-state index contributed by atoms with van der Waals surface area (Å²) in [5.74, 6) is -0.00154. The average Bonchev–Trinajstić information content (AvgIpc) is 1.94. The van der Waals surface area contributed by atoms with Crippen molar-refractivity contribution in [2.45, 2.75) is 0 Å². The van der Waals surface area contributed by atoms with Gasteiger partial charge >= 0.3 is 0 Å². The zero-order valence-electron chi connectivity index (χ0n) is 4.77. The Morgan fingerprint density at radius 3 is 2.70 bits per heavy atom. The van der Waals surface area contributed by atoms with Crippen LogP contribution in [0.3, 0.4) is 0 Å². The lowest BCUT2D eigenvalue weighted by Crippen LogP contribution is -1.78. The van der Waals surface area contributed by atoms with Crippen LogP contribution < -0.4 is 3.07 Å². The zero-order valence-corrected chi connectivity index (χ0v) is 7.69. The first-order chi connectivity index (χ1) is 4.74. The molecule has 0 fully saturated rings. The minimum Gasteiger partial charge on any atom is -0.426 e. The highest BCUT2D eigenvalue weighted by molar-refractivity contribution is 14.1. The highest BCUT2D eigenvalue weighted by Crippen LogP contribution is 2.26. The van der Waals surface area contributed by atoms with E-state index in [0.717, 1.165) is 0 Å². The first-order valence-corrected chi connectivity index (χ1v) is 3.73. The summed E-state index contributed by atoms with van der Waals surface area (Å²) in [5.41, 5.74) is 0. The Labute approximate surface area is 76.8 Å². The van der Waals surface area contributed by atoms with Gasteiger partial charge in [-0.15, -0.1) is 0 Å². The maximum atomic E-state index is 12.4. The predicted octanol–water partition coefficient (Wildman–Crippen LogP) is 3.21. The average molecular weight is 272 g/mol. The second-order valence-corrected chi connectivity index (χ2v) is 2.50. The van der Waals surface area contributed by atoms with E-state index in [1.165, 1.54) is 18.2 Å². The van der Waals surface area contributed by atoms with E-state index in [-0.39, 0.29) is 5.82 Å². The molecule has 0 heterocycles. The largest absolute Gasteiger partial charge is 0.426 e. The molecule has 0 atom stereocenters. The summed E-state index contributed by atoms with van der Waals surface area (Å²) in [6.45, 7) is 0. The van der Waals surface area contributed by atoms with Gasteiger partial charge in [-0.2, -0.15) is 0 Å². The number of hydrogen-bond donors (Lipinski definition) is 0. The standard InChI is InChI=1S/C6H3ClFIO/c7-5-2-1-4(8)3-6(5)10-9/h1-3H. The summed E-state index contributed by atoms with van der Waals surface area (Å²) < 4.78 is 17.1. The fourth-order valence-electron chi connectivity index (χ4n) is 0.536. The van der Waals surface area contributed by atoms with Crippen LogP contribution in [0.25, 0.3) is 0 Å². The van der Waals surface area contributed by atoms with E-state index < -0.39 is 0 Å². The van der Waals surface area contributed by atoms with Crippen molar-refractivity contribution in [1.29, 1.82) is 0 Å². The molecule has 1 rings (SSSR count). The number of rotatable bonds is 1. The predicted molar refractivity (Wildman–Crippen MR) is 46.1 cm³/mol. The van der Waals surface area contributed by atoms with Gasteiger partial charge < -0.3 is 3.07 Å². The van der Waals surface area contributed by atoms with Crippen molar-refractivity contribution in [3.63, 3.8) is 0 Å². The lowest BCUT2D eigenvalue weighted by molar-refractivity contribution is 0.615. The van der Waals surface area contributed by atoms with Gasteiger partial charge in [0.25, 0.3) is 0 Å². The molecule has 0 bridgehead atoms. The Morgan fingerprint density at radius 2 is 2.20 bits per heavy atom. The molecule has 0 amide bonds. The Kier molecular flexibility index (Phi) is 2.73. The Hall–Kier alpha value is -0.0300. The fraction of sp³-hybridized carbons (Fsp3) is 0. The molecule has 0 saturated carbocycles. The van der Waals surface area contributed by atoms with E-state index in [9.17, 15) is 4.39 Å². The molecule has 0 unspecified atom stereocenters. The van der Waals surface area contributed by atoms with Gasteiger partial charge in [-0.25, -0.2) is 4.39 Å². The van der Waals surface area contributed by atoms with Gasteiger partial charge in [0.15, 0.2) is 28.8 Å². The van der Waals surface area contributed by atoms with Gasteiger partial charge in [-0.05, 0) is 12.1 Å². The lowest BCUT2D eigenvalue weighted by atomic mass is 10.3. The number of benzene rings is 1. The molecule has 0 N–H and O–H groups in total. The lowest BCUT2D eigenvalue weighted by Gasteiger charge is -1.97. The van der Waals surface area contributed by atoms with Crippen LogP contribution in [0.15, 0.2) is 18.2 Å².